The number of piperidine rings is 1. The zero-order valence-electron chi connectivity index (χ0n) is 16.0. The molecule has 2 aromatic carbocycles. The lowest BCUT2D eigenvalue weighted by molar-refractivity contribution is -0.145. The maximum Gasteiger partial charge on any atom is 0.320 e. The van der Waals surface area contributed by atoms with Gasteiger partial charge in [0.05, 0.1) is 12.6 Å². The van der Waals surface area contributed by atoms with E-state index >= 15 is 0 Å². The molecule has 1 fully saturated rings. The summed E-state index contributed by atoms with van der Waals surface area (Å²) in [5.41, 5.74) is 2.04. The van der Waals surface area contributed by atoms with Crippen LogP contribution in [0.2, 0.25) is 0 Å². The standard InChI is InChI=1S/C22H25NO5/c1-2-26-17-9-6-15(7-10-17)21(23-12-4-3-5-18(23)22(24)25)16-8-11-19-20(13-16)28-14-27-19/h6-11,13,18,21H,2-5,12,14H2,1H3,(H,24,25). The van der Waals surface area contributed by atoms with Crippen molar-refractivity contribution in [1.29, 1.82) is 0 Å². The van der Waals surface area contributed by atoms with Gasteiger partial charge >= 0.3 is 5.97 Å². The molecule has 2 aliphatic rings. The molecule has 28 heavy (non-hydrogen) atoms. The highest BCUT2D eigenvalue weighted by Gasteiger charge is 2.35. The molecule has 1 N–H and O–H groups in total. The summed E-state index contributed by atoms with van der Waals surface area (Å²) in [6.45, 7) is 3.52. The van der Waals surface area contributed by atoms with Crippen molar-refractivity contribution in [3.63, 3.8) is 0 Å². The number of carboxylic acid groups (broad SMARTS) is 1. The van der Waals surface area contributed by atoms with Crippen molar-refractivity contribution < 1.29 is 24.1 Å². The Morgan fingerprint density at radius 2 is 1.89 bits per heavy atom. The predicted octanol–water partition coefficient (Wildman–Crippen LogP) is 3.84. The quantitative estimate of drug-likeness (QED) is 0.817. The van der Waals surface area contributed by atoms with E-state index in [2.05, 4.69) is 4.90 Å². The highest BCUT2D eigenvalue weighted by atomic mass is 16.7. The molecule has 2 aromatic rings. The Bertz CT molecular complexity index is 835. The van der Waals surface area contributed by atoms with Gasteiger partial charge in [-0.25, -0.2) is 0 Å². The molecule has 0 amide bonds. The SMILES string of the molecule is CCOc1ccc(C(c2ccc3c(c2)OCO3)N2CCCCC2C(=O)O)cc1. The molecule has 0 spiro atoms. The van der Waals surface area contributed by atoms with Crippen LogP contribution in [0.15, 0.2) is 42.5 Å². The Morgan fingerprint density at radius 3 is 2.64 bits per heavy atom. The zero-order chi connectivity index (χ0) is 19.5. The van der Waals surface area contributed by atoms with Crippen molar-refractivity contribution in [3.8, 4) is 17.2 Å². The second kappa shape index (κ2) is 8.10. The summed E-state index contributed by atoms with van der Waals surface area (Å²) in [6.07, 6.45) is 2.58. The minimum absolute atomic E-state index is 0.174. The van der Waals surface area contributed by atoms with Crippen LogP contribution in [0.3, 0.4) is 0 Å². The van der Waals surface area contributed by atoms with Gasteiger partial charge in [0, 0.05) is 0 Å². The Labute approximate surface area is 164 Å². The van der Waals surface area contributed by atoms with E-state index in [9.17, 15) is 9.90 Å². The van der Waals surface area contributed by atoms with Crippen molar-refractivity contribution in [2.75, 3.05) is 19.9 Å². The molecule has 2 unspecified atom stereocenters. The van der Waals surface area contributed by atoms with Gasteiger partial charge < -0.3 is 19.3 Å². The van der Waals surface area contributed by atoms with Crippen LogP contribution in [0.1, 0.15) is 43.4 Å². The second-order valence-electron chi connectivity index (χ2n) is 7.10. The lowest BCUT2D eigenvalue weighted by Crippen LogP contribution is -2.46. The number of hydrogen-bond donors (Lipinski definition) is 1. The molecule has 4 rings (SSSR count). The summed E-state index contributed by atoms with van der Waals surface area (Å²) in [5, 5.41) is 9.81. The van der Waals surface area contributed by atoms with Crippen LogP contribution in [0.25, 0.3) is 0 Å². The van der Waals surface area contributed by atoms with Crippen molar-refractivity contribution in [2.24, 2.45) is 0 Å². The lowest BCUT2D eigenvalue weighted by Gasteiger charge is -2.39. The van der Waals surface area contributed by atoms with E-state index in [1.807, 2.05) is 49.4 Å². The predicted molar refractivity (Wildman–Crippen MR) is 104 cm³/mol. The zero-order valence-corrected chi connectivity index (χ0v) is 16.0. The van der Waals surface area contributed by atoms with Gasteiger partial charge in [0.25, 0.3) is 0 Å². The summed E-state index contributed by atoms with van der Waals surface area (Å²) < 4.78 is 16.6. The fourth-order valence-electron chi connectivity index (χ4n) is 4.10. The third kappa shape index (κ3) is 3.64. The Morgan fingerprint density at radius 1 is 1.14 bits per heavy atom. The van der Waals surface area contributed by atoms with Gasteiger partial charge in [-0.2, -0.15) is 0 Å². The maximum absolute atomic E-state index is 12.0. The van der Waals surface area contributed by atoms with Gasteiger partial charge in [0.15, 0.2) is 11.5 Å². The van der Waals surface area contributed by atoms with Crippen molar-refractivity contribution in [3.05, 3.63) is 53.6 Å². The highest BCUT2D eigenvalue weighted by molar-refractivity contribution is 5.73. The van der Waals surface area contributed by atoms with E-state index in [1.165, 1.54) is 0 Å². The van der Waals surface area contributed by atoms with Crippen molar-refractivity contribution in [2.45, 2.75) is 38.3 Å². The Balaban J connectivity index is 1.75. The number of carboxylic acids is 1. The van der Waals surface area contributed by atoms with Gasteiger partial charge in [-0.05, 0) is 61.7 Å². The second-order valence-corrected chi connectivity index (χ2v) is 7.10. The van der Waals surface area contributed by atoms with E-state index in [0.717, 1.165) is 42.0 Å². The monoisotopic (exact) mass is 383 g/mol. The van der Waals surface area contributed by atoms with E-state index < -0.39 is 12.0 Å². The minimum atomic E-state index is -0.767. The Hall–Kier alpha value is -2.73. The molecule has 2 heterocycles. The third-order valence-corrected chi connectivity index (χ3v) is 5.38. The fraction of sp³-hybridized carbons (Fsp3) is 0.409. The molecule has 6 nitrogen and oxygen atoms in total. The van der Waals surface area contributed by atoms with Crippen LogP contribution in [0.4, 0.5) is 0 Å². The lowest BCUT2D eigenvalue weighted by atomic mass is 9.91. The summed E-state index contributed by atoms with van der Waals surface area (Å²) in [4.78, 5) is 14.0. The van der Waals surface area contributed by atoms with E-state index in [4.69, 9.17) is 14.2 Å². The number of hydrogen-bond acceptors (Lipinski definition) is 5. The van der Waals surface area contributed by atoms with Crippen LogP contribution in [-0.2, 0) is 4.79 Å². The topological polar surface area (TPSA) is 68.2 Å². The molecule has 0 bridgehead atoms. The van der Waals surface area contributed by atoms with E-state index in [1.54, 1.807) is 0 Å². The van der Waals surface area contributed by atoms with Gasteiger partial charge in [0.2, 0.25) is 6.79 Å². The third-order valence-electron chi connectivity index (χ3n) is 5.38. The van der Waals surface area contributed by atoms with E-state index in [-0.39, 0.29) is 12.8 Å². The number of ether oxygens (including phenoxy) is 3. The first-order chi connectivity index (χ1) is 13.7. The number of rotatable bonds is 6. The summed E-state index contributed by atoms with van der Waals surface area (Å²) in [6, 6.07) is 13.1. The minimum Gasteiger partial charge on any atom is -0.494 e. The molecule has 1 saturated heterocycles. The highest BCUT2D eigenvalue weighted by Crippen LogP contribution is 2.40. The first-order valence-electron chi connectivity index (χ1n) is 9.78. The molecule has 0 saturated carbocycles. The van der Waals surface area contributed by atoms with Crippen LogP contribution >= 0.6 is 0 Å². The smallest absolute Gasteiger partial charge is 0.320 e. The van der Waals surface area contributed by atoms with Crippen molar-refractivity contribution >= 4 is 5.97 Å². The number of benzene rings is 2. The average molecular weight is 383 g/mol. The molecule has 0 aromatic heterocycles. The number of nitrogens with zero attached hydrogens (tertiary/aromatic N) is 1. The number of fused-ring (bicyclic) bond motifs is 1. The maximum atomic E-state index is 12.0. The summed E-state index contributed by atoms with van der Waals surface area (Å²) in [5.74, 6) is 1.47. The van der Waals surface area contributed by atoms with Crippen molar-refractivity contribution in [1.82, 2.24) is 4.90 Å². The number of likely N-dealkylation sites (tertiary alicyclic amines) is 1. The molecule has 0 radical (unpaired) electrons. The molecule has 148 valence electrons. The molecular formula is C22H25NO5. The molecule has 2 aliphatic heterocycles. The van der Waals surface area contributed by atoms with Crippen LogP contribution in [-0.4, -0.2) is 42.0 Å². The summed E-state index contributed by atoms with van der Waals surface area (Å²) >= 11 is 0. The van der Waals surface area contributed by atoms with Gasteiger partial charge in [-0.15, -0.1) is 0 Å². The first-order valence-corrected chi connectivity index (χ1v) is 9.78. The number of aliphatic carboxylic acids is 1. The van der Waals surface area contributed by atoms with Gasteiger partial charge in [-0.1, -0.05) is 24.6 Å². The molecule has 6 heteroatoms. The molecule has 0 aliphatic carbocycles. The fourth-order valence-corrected chi connectivity index (χ4v) is 4.10. The normalized spacial score (nSPS) is 20.0. The summed E-state index contributed by atoms with van der Waals surface area (Å²) in [7, 11) is 0. The van der Waals surface area contributed by atoms with E-state index in [0.29, 0.717) is 18.8 Å². The average Bonchev–Trinajstić information content (AvgIpc) is 3.18. The number of carbonyl (C=O) groups is 1. The van der Waals surface area contributed by atoms with Gasteiger partial charge in [0.1, 0.15) is 11.8 Å². The largest absolute Gasteiger partial charge is 0.494 e. The van der Waals surface area contributed by atoms with Crippen LogP contribution < -0.4 is 14.2 Å². The molecule has 2 atom stereocenters. The first kappa shape index (κ1) is 18.6. The van der Waals surface area contributed by atoms with Crippen LogP contribution in [0, 0.1) is 0 Å². The molecular weight excluding hydrogens is 358 g/mol. The van der Waals surface area contributed by atoms with Gasteiger partial charge in [-0.3, -0.25) is 9.69 Å². The Kier molecular flexibility index (Phi) is 5.39. The van der Waals surface area contributed by atoms with Crippen LogP contribution in [0.5, 0.6) is 17.2 Å².